The van der Waals surface area contributed by atoms with Crippen LogP contribution in [0.5, 0.6) is 0 Å². The van der Waals surface area contributed by atoms with Crippen molar-refractivity contribution in [3.05, 3.63) is 51.9 Å². The summed E-state index contributed by atoms with van der Waals surface area (Å²) in [5.41, 5.74) is 5.78. The van der Waals surface area contributed by atoms with Gasteiger partial charge in [-0.15, -0.1) is 11.3 Å². The van der Waals surface area contributed by atoms with Crippen molar-refractivity contribution < 1.29 is 9.53 Å². The molecule has 3 nitrogen and oxygen atoms in total. The third kappa shape index (κ3) is 5.30. The van der Waals surface area contributed by atoms with Gasteiger partial charge in [-0.2, -0.15) is 0 Å². The molecule has 1 atom stereocenters. The average molecular weight is 440 g/mol. The number of carbonyl (C=O) groups excluding carboxylic acids is 1. The molecule has 2 aromatic rings. The first-order valence-electron chi connectivity index (χ1n) is 11.3. The zero-order valence-corrected chi connectivity index (χ0v) is 21.1. The molecule has 4 heteroatoms. The summed E-state index contributed by atoms with van der Waals surface area (Å²) in [5, 5.41) is 2.80. The van der Waals surface area contributed by atoms with E-state index in [-0.39, 0.29) is 17.6 Å². The van der Waals surface area contributed by atoms with Crippen LogP contribution in [0.1, 0.15) is 93.3 Å². The van der Waals surface area contributed by atoms with Gasteiger partial charge in [-0.3, -0.25) is 4.79 Å². The zero-order chi connectivity index (χ0) is 23.0. The molecule has 1 aromatic heterocycles. The minimum absolute atomic E-state index is 0.0250. The molecule has 1 heterocycles. The SMILES string of the molecule is CNC(=O)c1ccccc1-c1sc(C)c(C(C)OC(C)(C)C)c1C1=CCC(C)(C)CC1. The van der Waals surface area contributed by atoms with E-state index in [0.717, 1.165) is 30.4 Å². The summed E-state index contributed by atoms with van der Waals surface area (Å²) in [4.78, 5) is 15.1. The highest BCUT2D eigenvalue weighted by Gasteiger charge is 2.31. The van der Waals surface area contributed by atoms with E-state index < -0.39 is 0 Å². The molecule has 31 heavy (non-hydrogen) atoms. The number of benzene rings is 1. The summed E-state index contributed by atoms with van der Waals surface area (Å²) in [6.45, 7) is 15.3. The largest absolute Gasteiger partial charge is 0.368 e. The van der Waals surface area contributed by atoms with Gasteiger partial charge in [0.15, 0.2) is 0 Å². The Balaban J connectivity index is 2.23. The van der Waals surface area contributed by atoms with Crippen LogP contribution in [0.3, 0.4) is 0 Å². The van der Waals surface area contributed by atoms with E-state index in [2.05, 4.69) is 65.9 Å². The highest BCUT2D eigenvalue weighted by molar-refractivity contribution is 7.16. The predicted octanol–water partition coefficient (Wildman–Crippen LogP) is 7.55. The Morgan fingerprint density at radius 2 is 1.90 bits per heavy atom. The van der Waals surface area contributed by atoms with Crippen molar-refractivity contribution in [3.8, 4) is 10.4 Å². The Bertz CT molecular complexity index is 991. The fourth-order valence-corrected chi connectivity index (χ4v) is 5.78. The fourth-order valence-electron chi connectivity index (χ4n) is 4.46. The van der Waals surface area contributed by atoms with Crippen LogP contribution in [-0.2, 0) is 4.74 Å². The lowest BCUT2D eigenvalue weighted by molar-refractivity contribution is -0.0531. The van der Waals surface area contributed by atoms with Gasteiger partial charge in [0.1, 0.15) is 0 Å². The quantitative estimate of drug-likeness (QED) is 0.522. The number of amides is 1. The Labute approximate surface area is 191 Å². The molecule has 1 unspecified atom stereocenters. The summed E-state index contributed by atoms with van der Waals surface area (Å²) in [6, 6.07) is 7.95. The van der Waals surface area contributed by atoms with E-state index in [1.807, 2.05) is 18.2 Å². The number of nitrogens with one attached hydrogen (secondary N) is 1. The lowest BCUT2D eigenvalue weighted by atomic mass is 9.76. The monoisotopic (exact) mass is 439 g/mol. The van der Waals surface area contributed by atoms with Crippen LogP contribution < -0.4 is 5.32 Å². The molecule has 168 valence electrons. The van der Waals surface area contributed by atoms with Crippen LogP contribution in [0.25, 0.3) is 16.0 Å². The average Bonchev–Trinajstić information content (AvgIpc) is 3.03. The fraction of sp³-hybridized carbons (Fsp3) is 0.519. The molecular formula is C27H37NO2S. The smallest absolute Gasteiger partial charge is 0.251 e. The van der Waals surface area contributed by atoms with Crippen LogP contribution >= 0.6 is 11.3 Å². The van der Waals surface area contributed by atoms with Gasteiger partial charge in [-0.25, -0.2) is 0 Å². The van der Waals surface area contributed by atoms with E-state index in [9.17, 15) is 4.79 Å². The third-order valence-electron chi connectivity index (χ3n) is 6.00. The standard InChI is InChI=1S/C27H37NO2S/c1-17(30-26(3,4)5)22-18(2)31-24(20-11-9-10-12-21(20)25(29)28-8)23(22)19-13-15-27(6,7)16-14-19/h9-13,17H,14-16H2,1-8H3,(H,28,29). The molecule has 0 saturated heterocycles. The van der Waals surface area contributed by atoms with Gasteiger partial charge in [0.25, 0.3) is 5.91 Å². The van der Waals surface area contributed by atoms with Crippen LogP contribution in [-0.4, -0.2) is 18.6 Å². The second-order valence-corrected chi connectivity index (χ2v) is 11.6. The minimum Gasteiger partial charge on any atom is -0.368 e. The van der Waals surface area contributed by atoms with E-state index in [1.165, 1.54) is 26.5 Å². The second-order valence-electron chi connectivity index (χ2n) is 10.4. The number of carbonyl (C=O) groups is 1. The van der Waals surface area contributed by atoms with E-state index in [1.54, 1.807) is 18.4 Å². The lowest BCUT2D eigenvalue weighted by Crippen LogP contribution is -2.22. The highest BCUT2D eigenvalue weighted by Crippen LogP contribution is 2.49. The summed E-state index contributed by atoms with van der Waals surface area (Å²) in [6.07, 6.45) is 5.68. The Morgan fingerprint density at radius 1 is 1.23 bits per heavy atom. The summed E-state index contributed by atoms with van der Waals surface area (Å²) in [5.74, 6) is -0.0492. The predicted molar refractivity (Wildman–Crippen MR) is 133 cm³/mol. The van der Waals surface area contributed by atoms with Crippen molar-refractivity contribution in [2.45, 2.75) is 79.4 Å². The van der Waals surface area contributed by atoms with Crippen LogP contribution in [0.4, 0.5) is 0 Å². The molecule has 1 aromatic carbocycles. The number of rotatable bonds is 5. The number of hydrogen-bond acceptors (Lipinski definition) is 3. The lowest BCUT2D eigenvalue weighted by Gasteiger charge is -2.31. The summed E-state index contributed by atoms with van der Waals surface area (Å²) >= 11 is 1.78. The van der Waals surface area contributed by atoms with Crippen molar-refractivity contribution >= 4 is 22.8 Å². The molecular weight excluding hydrogens is 402 g/mol. The van der Waals surface area contributed by atoms with Gasteiger partial charge < -0.3 is 10.1 Å². The molecule has 1 aliphatic carbocycles. The molecule has 0 spiro atoms. The molecule has 0 saturated carbocycles. The maximum Gasteiger partial charge on any atom is 0.251 e. The molecule has 1 N–H and O–H groups in total. The van der Waals surface area contributed by atoms with Gasteiger partial charge in [0.05, 0.1) is 11.7 Å². The Hall–Kier alpha value is -1.91. The molecule has 0 fully saturated rings. The van der Waals surface area contributed by atoms with Crippen LogP contribution in [0, 0.1) is 12.3 Å². The molecule has 3 rings (SSSR count). The van der Waals surface area contributed by atoms with E-state index >= 15 is 0 Å². The zero-order valence-electron chi connectivity index (χ0n) is 20.3. The highest BCUT2D eigenvalue weighted by atomic mass is 32.1. The first-order valence-corrected chi connectivity index (χ1v) is 12.1. The number of hydrogen-bond donors (Lipinski definition) is 1. The van der Waals surface area contributed by atoms with Gasteiger partial charge >= 0.3 is 0 Å². The first-order chi connectivity index (χ1) is 14.4. The summed E-state index contributed by atoms with van der Waals surface area (Å²) in [7, 11) is 1.69. The van der Waals surface area contributed by atoms with Gasteiger partial charge in [0, 0.05) is 39.1 Å². The minimum atomic E-state index is -0.228. The van der Waals surface area contributed by atoms with Crippen molar-refractivity contribution in [1.82, 2.24) is 5.32 Å². The van der Waals surface area contributed by atoms with Gasteiger partial charge in [0.2, 0.25) is 0 Å². The third-order valence-corrected chi connectivity index (χ3v) is 7.16. The Morgan fingerprint density at radius 3 is 2.48 bits per heavy atom. The summed E-state index contributed by atoms with van der Waals surface area (Å²) < 4.78 is 6.43. The normalized spacial score (nSPS) is 17.2. The molecule has 1 amide bonds. The molecule has 1 aliphatic rings. The number of ether oxygens (including phenoxy) is 1. The topological polar surface area (TPSA) is 38.3 Å². The van der Waals surface area contributed by atoms with Gasteiger partial charge in [-0.05, 0) is 70.9 Å². The second kappa shape index (κ2) is 8.91. The van der Waals surface area contributed by atoms with Crippen molar-refractivity contribution in [2.24, 2.45) is 5.41 Å². The molecule has 0 bridgehead atoms. The van der Waals surface area contributed by atoms with Crippen molar-refractivity contribution in [2.75, 3.05) is 7.05 Å². The number of allylic oxidation sites excluding steroid dienone is 2. The molecule has 0 aliphatic heterocycles. The van der Waals surface area contributed by atoms with Crippen molar-refractivity contribution in [1.29, 1.82) is 0 Å². The molecule has 0 radical (unpaired) electrons. The number of aryl methyl sites for hydroxylation is 1. The van der Waals surface area contributed by atoms with E-state index in [4.69, 9.17) is 4.74 Å². The van der Waals surface area contributed by atoms with Crippen LogP contribution in [0.15, 0.2) is 30.3 Å². The van der Waals surface area contributed by atoms with E-state index in [0.29, 0.717) is 5.41 Å². The Kier molecular flexibility index (Phi) is 6.83. The van der Waals surface area contributed by atoms with Crippen molar-refractivity contribution in [3.63, 3.8) is 0 Å². The maximum atomic E-state index is 12.6. The van der Waals surface area contributed by atoms with Crippen LogP contribution in [0.2, 0.25) is 0 Å². The number of thiophene rings is 1. The first kappa shape index (κ1) is 23.7. The van der Waals surface area contributed by atoms with Gasteiger partial charge in [-0.1, -0.05) is 38.1 Å². The maximum absolute atomic E-state index is 12.6.